The lowest BCUT2D eigenvalue weighted by molar-refractivity contribution is -0.137. The summed E-state index contributed by atoms with van der Waals surface area (Å²) in [6, 6.07) is 0.818. The summed E-state index contributed by atoms with van der Waals surface area (Å²) in [5.74, 6) is -5.70. The van der Waals surface area contributed by atoms with Gasteiger partial charge in [0.2, 0.25) is 0 Å². The number of carbonyl (C=O) groups excluding carboxylic acids is 1. The molecule has 2 rings (SSSR count). The minimum absolute atomic E-state index is 0.0349. The van der Waals surface area contributed by atoms with Crippen LogP contribution in [-0.2, 0) is 9.53 Å². The molecule has 0 heterocycles. The third-order valence-electron chi connectivity index (χ3n) is 2.98. The maximum atomic E-state index is 13.7. The van der Waals surface area contributed by atoms with E-state index in [-0.39, 0.29) is 12.6 Å². The van der Waals surface area contributed by atoms with Crippen molar-refractivity contribution in [2.24, 2.45) is 4.99 Å². The van der Waals surface area contributed by atoms with E-state index in [0.29, 0.717) is 12.1 Å². The molecule has 1 fully saturated rings. The Kier molecular flexibility index (Phi) is 4.85. The second-order valence-electron chi connectivity index (χ2n) is 4.74. The molecule has 0 saturated heterocycles. The van der Waals surface area contributed by atoms with Crippen LogP contribution in [-0.4, -0.2) is 29.9 Å². The SMILES string of the molecule is CCOC(=O)C(C=NC1CC1)=C(O)c1cc(F)c(F)cc1F. The standard InChI is InChI=1S/C15H14F3NO3/c1-2-22-15(21)10(7-19-8-3-4-8)14(20)9-5-12(17)13(18)6-11(9)16/h5-8,20H,2-4H2,1H3. The molecule has 1 aliphatic rings. The molecule has 1 aliphatic carbocycles. The van der Waals surface area contributed by atoms with Crippen molar-refractivity contribution in [3.8, 4) is 0 Å². The van der Waals surface area contributed by atoms with Crippen molar-refractivity contribution in [1.29, 1.82) is 0 Å². The van der Waals surface area contributed by atoms with Crippen LogP contribution in [0.3, 0.4) is 0 Å². The molecule has 0 aromatic heterocycles. The van der Waals surface area contributed by atoms with Gasteiger partial charge in [-0.25, -0.2) is 18.0 Å². The second-order valence-corrected chi connectivity index (χ2v) is 4.74. The van der Waals surface area contributed by atoms with Crippen LogP contribution in [0.25, 0.3) is 5.76 Å². The Morgan fingerprint density at radius 1 is 1.32 bits per heavy atom. The predicted molar refractivity (Wildman–Crippen MR) is 74.0 cm³/mol. The van der Waals surface area contributed by atoms with Gasteiger partial charge in [-0.1, -0.05) is 0 Å². The fourth-order valence-corrected chi connectivity index (χ4v) is 1.67. The van der Waals surface area contributed by atoms with Crippen molar-refractivity contribution in [3.63, 3.8) is 0 Å². The predicted octanol–water partition coefficient (Wildman–Crippen LogP) is 3.17. The normalized spacial score (nSPS) is 15.8. The highest BCUT2D eigenvalue weighted by molar-refractivity contribution is 6.15. The van der Waals surface area contributed by atoms with Gasteiger partial charge in [0.1, 0.15) is 17.1 Å². The molecule has 0 atom stereocenters. The molecule has 0 radical (unpaired) electrons. The largest absolute Gasteiger partial charge is 0.506 e. The molecule has 0 unspecified atom stereocenters. The Labute approximate surface area is 124 Å². The van der Waals surface area contributed by atoms with Crippen LogP contribution in [0.1, 0.15) is 25.3 Å². The quantitative estimate of drug-likeness (QED) is 0.299. The number of halogens is 3. The van der Waals surface area contributed by atoms with Crippen molar-refractivity contribution in [2.45, 2.75) is 25.8 Å². The Bertz CT molecular complexity index is 652. The van der Waals surface area contributed by atoms with Crippen LogP contribution >= 0.6 is 0 Å². The fourth-order valence-electron chi connectivity index (χ4n) is 1.67. The topological polar surface area (TPSA) is 58.9 Å². The van der Waals surface area contributed by atoms with E-state index in [2.05, 4.69) is 4.99 Å². The molecule has 0 aliphatic heterocycles. The second kappa shape index (κ2) is 6.64. The summed E-state index contributed by atoms with van der Waals surface area (Å²) < 4.78 is 44.6. The maximum absolute atomic E-state index is 13.7. The smallest absolute Gasteiger partial charge is 0.343 e. The van der Waals surface area contributed by atoms with E-state index in [4.69, 9.17) is 4.74 Å². The lowest BCUT2D eigenvalue weighted by atomic mass is 10.1. The molecular formula is C15H14F3NO3. The highest BCUT2D eigenvalue weighted by atomic mass is 19.2. The Hall–Kier alpha value is -2.31. The van der Waals surface area contributed by atoms with Gasteiger partial charge in [0.05, 0.1) is 18.2 Å². The fraction of sp³-hybridized carbons (Fsp3) is 0.333. The van der Waals surface area contributed by atoms with Crippen molar-refractivity contribution >= 4 is 17.9 Å². The summed E-state index contributed by atoms with van der Waals surface area (Å²) >= 11 is 0. The zero-order chi connectivity index (χ0) is 16.3. The Morgan fingerprint density at radius 2 is 1.95 bits per heavy atom. The lowest BCUT2D eigenvalue weighted by Crippen LogP contribution is -2.12. The van der Waals surface area contributed by atoms with Gasteiger partial charge in [-0.2, -0.15) is 0 Å². The number of hydrogen-bond acceptors (Lipinski definition) is 4. The number of carbonyl (C=O) groups is 1. The van der Waals surface area contributed by atoms with E-state index in [9.17, 15) is 23.1 Å². The highest BCUT2D eigenvalue weighted by Crippen LogP contribution is 2.25. The van der Waals surface area contributed by atoms with Crippen LogP contribution in [0.5, 0.6) is 0 Å². The summed E-state index contributed by atoms with van der Waals surface area (Å²) in [5.41, 5.74) is -1.04. The number of aliphatic hydroxyl groups excluding tert-OH is 1. The van der Waals surface area contributed by atoms with Gasteiger partial charge in [-0.05, 0) is 25.8 Å². The van der Waals surface area contributed by atoms with Crippen molar-refractivity contribution in [1.82, 2.24) is 0 Å². The van der Waals surface area contributed by atoms with E-state index in [0.717, 1.165) is 19.1 Å². The number of hydrogen-bond donors (Lipinski definition) is 1. The maximum Gasteiger partial charge on any atom is 0.343 e. The zero-order valence-corrected chi connectivity index (χ0v) is 11.8. The summed E-state index contributed by atoms with van der Waals surface area (Å²) in [6.45, 7) is 1.59. The molecule has 7 heteroatoms. The molecule has 22 heavy (non-hydrogen) atoms. The van der Waals surface area contributed by atoms with Gasteiger partial charge in [-0.15, -0.1) is 0 Å². The van der Waals surface area contributed by atoms with Gasteiger partial charge >= 0.3 is 5.97 Å². The van der Waals surface area contributed by atoms with E-state index in [1.165, 1.54) is 0 Å². The summed E-state index contributed by atoms with van der Waals surface area (Å²) in [6.07, 6.45) is 2.78. The monoisotopic (exact) mass is 313 g/mol. The molecular weight excluding hydrogens is 299 g/mol. The van der Waals surface area contributed by atoms with Gasteiger partial charge < -0.3 is 9.84 Å². The van der Waals surface area contributed by atoms with Gasteiger partial charge in [0, 0.05) is 12.3 Å². The lowest BCUT2D eigenvalue weighted by Gasteiger charge is -2.08. The van der Waals surface area contributed by atoms with Crippen LogP contribution in [0, 0.1) is 17.5 Å². The Morgan fingerprint density at radius 3 is 2.55 bits per heavy atom. The first-order valence-corrected chi connectivity index (χ1v) is 6.72. The summed E-state index contributed by atoms with van der Waals surface area (Å²) in [4.78, 5) is 15.9. The minimum atomic E-state index is -1.39. The molecule has 1 N–H and O–H groups in total. The van der Waals surface area contributed by atoms with Crippen LogP contribution in [0.4, 0.5) is 13.2 Å². The number of aliphatic hydroxyl groups is 1. The third-order valence-corrected chi connectivity index (χ3v) is 2.98. The van der Waals surface area contributed by atoms with Gasteiger partial charge in [0.25, 0.3) is 0 Å². The molecule has 1 aromatic rings. The molecule has 1 saturated carbocycles. The van der Waals surface area contributed by atoms with E-state index in [1.807, 2.05) is 0 Å². The van der Waals surface area contributed by atoms with E-state index < -0.39 is 40.3 Å². The zero-order valence-electron chi connectivity index (χ0n) is 11.8. The molecule has 1 aromatic carbocycles. The van der Waals surface area contributed by atoms with Crippen LogP contribution < -0.4 is 0 Å². The first-order valence-electron chi connectivity index (χ1n) is 6.72. The average Bonchev–Trinajstić information content (AvgIpc) is 3.27. The van der Waals surface area contributed by atoms with Gasteiger partial charge in [-0.3, -0.25) is 4.99 Å². The summed E-state index contributed by atoms with van der Waals surface area (Å²) in [7, 11) is 0. The van der Waals surface area contributed by atoms with E-state index >= 15 is 0 Å². The number of aliphatic imine (C=N–C) groups is 1. The van der Waals surface area contributed by atoms with Crippen LogP contribution in [0.15, 0.2) is 22.7 Å². The highest BCUT2D eigenvalue weighted by Gasteiger charge is 2.23. The van der Waals surface area contributed by atoms with Crippen molar-refractivity contribution in [3.05, 3.63) is 40.7 Å². The number of benzene rings is 1. The summed E-state index contributed by atoms with van der Waals surface area (Å²) in [5, 5.41) is 10.1. The number of nitrogens with zero attached hydrogens (tertiary/aromatic N) is 1. The Balaban J connectivity index is 2.47. The van der Waals surface area contributed by atoms with Crippen LogP contribution in [0.2, 0.25) is 0 Å². The molecule has 0 amide bonds. The number of ether oxygens (including phenoxy) is 1. The number of esters is 1. The molecule has 0 spiro atoms. The van der Waals surface area contributed by atoms with Crippen molar-refractivity contribution in [2.75, 3.05) is 6.61 Å². The molecule has 118 valence electrons. The number of rotatable bonds is 5. The van der Waals surface area contributed by atoms with Gasteiger partial charge in [0.15, 0.2) is 11.6 Å². The third kappa shape index (κ3) is 3.66. The van der Waals surface area contributed by atoms with Crippen molar-refractivity contribution < 1.29 is 27.8 Å². The minimum Gasteiger partial charge on any atom is -0.506 e. The van der Waals surface area contributed by atoms with E-state index in [1.54, 1.807) is 6.92 Å². The average molecular weight is 313 g/mol. The first kappa shape index (κ1) is 16.1. The first-order chi connectivity index (χ1) is 10.4. The molecule has 4 nitrogen and oxygen atoms in total. The molecule has 0 bridgehead atoms.